The van der Waals surface area contributed by atoms with Gasteiger partial charge >= 0.3 is 6.03 Å². The number of fused-ring (bicyclic) bond motifs is 3. The molecule has 3 aromatic carbocycles. The highest BCUT2D eigenvalue weighted by Crippen LogP contribution is 2.40. The molecule has 1 aliphatic rings. The lowest BCUT2D eigenvalue weighted by molar-refractivity contribution is 0.194. The third-order valence-electron chi connectivity index (χ3n) is 6.57. The summed E-state index contributed by atoms with van der Waals surface area (Å²) in [6, 6.07) is 23.7. The lowest BCUT2D eigenvalue weighted by atomic mass is 10.0. The average molecular weight is 468 g/mol. The zero-order valence-electron chi connectivity index (χ0n) is 20.4. The van der Waals surface area contributed by atoms with Crippen LogP contribution in [0.5, 0.6) is 11.5 Å². The van der Waals surface area contributed by atoms with Gasteiger partial charge in [-0.05, 0) is 66.9 Å². The maximum Gasteiger partial charge on any atom is 0.322 e. The van der Waals surface area contributed by atoms with Gasteiger partial charge in [0.1, 0.15) is 0 Å². The highest BCUT2D eigenvalue weighted by Gasteiger charge is 2.33. The predicted octanol–water partition coefficient (Wildman–Crippen LogP) is 6.25. The molecule has 2 amide bonds. The van der Waals surface area contributed by atoms with E-state index in [-0.39, 0.29) is 12.1 Å². The maximum atomic E-state index is 13.9. The Hall–Kier alpha value is -4.19. The third kappa shape index (κ3) is 4.12. The third-order valence-corrected chi connectivity index (χ3v) is 6.57. The van der Waals surface area contributed by atoms with E-state index in [0.29, 0.717) is 18.0 Å². The van der Waals surface area contributed by atoms with Crippen LogP contribution in [0.1, 0.15) is 34.0 Å². The van der Waals surface area contributed by atoms with E-state index in [0.717, 1.165) is 39.3 Å². The summed E-state index contributed by atoms with van der Waals surface area (Å²) in [5.74, 6) is 1.27. The van der Waals surface area contributed by atoms with Gasteiger partial charge < -0.3 is 24.3 Å². The predicted molar refractivity (Wildman–Crippen MR) is 138 cm³/mol. The van der Waals surface area contributed by atoms with Gasteiger partial charge in [0.05, 0.1) is 32.5 Å². The number of carbonyl (C=O) groups excluding carboxylic acids is 1. The molecule has 0 spiro atoms. The Bertz CT molecular complexity index is 1390. The second-order valence-electron chi connectivity index (χ2n) is 8.83. The number of aryl methyl sites for hydroxylation is 2. The van der Waals surface area contributed by atoms with E-state index in [4.69, 9.17) is 9.47 Å². The maximum absolute atomic E-state index is 13.9. The number of rotatable bonds is 4. The molecular weight excluding hydrogens is 438 g/mol. The van der Waals surface area contributed by atoms with Crippen molar-refractivity contribution in [3.63, 3.8) is 0 Å². The van der Waals surface area contributed by atoms with Crippen molar-refractivity contribution in [1.29, 1.82) is 0 Å². The molecule has 178 valence electrons. The van der Waals surface area contributed by atoms with Crippen LogP contribution in [0, 0.1) is 13.8 Å². The number of benzene rings is 3. The number of hydrogen-bond acceptors (Lipinski definition) is 3. The highest BCUT2D eigenvalue weighted by molar-refractivity contribution is 5.91. The fourth-order valence-corrected chi connectivity index (χ4v) is 4.85. The van der Waals surface area contributed by atoms with E-state index in [2.05, 4.69) is 34.1 Å². The lowest BCUT2D eigenvalue weighted by Gasteiger charge is -2.31. The Morgan fingerprint density at radius 2 is 1.71 bits per heavy atom. The minimum atomic E-state index is -0.344. The molecule has 0 radical (unpaired) electrons. The van der Waals surface area contributed by atoms with E-state index < -0.39 is 0 Å². The summed E-state index contributed by atoms with van der Waals surface area (Å²) >= 11 is 0. The SMILES string of the molecule is COc1ccc([C@@H]2c3cccn3-c3ccccc3CN2C(=O)Nc2ccc(C)cc2C)cc1OC. The van der Waals surface area contributed by atoms with Crippen molar-refractivity contribution in [2.24, 2.45) is 0 Å². The summed E-state index contributed by atoms with van der Waals surface area (Å²) in [7, 11) is 3.24. The fourth-order valence-electron chi connectivity index (χ4n) is 4.85. The van der Waals surface area contributed by atoms with Crippen LogP contribution in [0.4, 0.5) is 10.5 Å². The van der Waals surface area contributed by atoms with Crippen molar-refractivity contribution in [2.75, 3.05) is 19.5 Å². The molecule has 0 unspecified atom stereocenters. The molecular formula is C29H29N3O3. The van der Waals surface area contributed by atoms with Gasteiger partial charge in [-0.25, -0.2) is 4.79 Å². The zero-order valence-corrected chi connectivity index (χ0v) is 20.4. The minimum absolute atomic E-state index is 0.166. The van der Waals surface area contributed by atoms with Gasteiger partial charge in [-0.3, -0.25) is 0 Å². The fraction of sp³-hybridized carbons (Fsp3) is 0.207. The minimum Gasteiger partial charge on any atom is -0.493 e. The Morgan fingerprint density at radius 1 is 0.914 bits per heavy atom. The molecule has 0 bridgehead atoms. The van der Waals surface area contributed by atoms with Gasteiger partial charge in [0.2, 0.25) is 0 Å². The normalized spacial score (nSPS) is 14.5. The Kier molecular flexibility index (Phi) is 5.95. The molecule has 0 saturated heterocycles. The first-order valence-electron chi connectivity index (χ1n) is 11.6. The Morgan fingerprint density at radius 3 is 2.49 bits per heavy atom. The van der Waals surface area contributed by atoms with Gasteiger partial charge in [0.25, 0.3) is 0 Å². The van der Waals surface area contributed by atoms with Crippen molar-refractivity contribution < 1.29 is 14.3 Å². The molecule has 4 aromatic rings. The molecule has 35 heavy (non-hydrogen) atoms. The molecule has 6 nitrogen and oxygen atoms in total. The Balaban J connectivity index is 1.65. The van der Waals surface area contributed by atoms with Crippen LogP contribution < -0.4 is 14.8 Å². The van der Waals surface area contributed by atoms with E-state index >= 15 is 0 Å². The molecule has 5 rings (SSSR count). The standard InChI is InChI=1S/C29H29N3O3/c1-19-11-13-23(20(2)16-19)30-29(33)32-18-22-8-5-6-9-24(22)31-15-7-10-25(31)28(32)21-12-14-26(34-3)27(17-21)35-4/h5-17,28H,18H2,1-4H3,(H,30,33)/t28-/m1/s1. The monoisotopic (exact) mass is 467 g/mol. The van der Waals surface area contributed by atoms with Crippen LogP contribution in [-0.4, -0.2) is 29.7 Å². The number of para-hydroxylation sites is 1. The number of carbonyl (C=O) groups is 1. The molecule has 0 saturated carbocycles. The highest BCUT2D eigenvalue weighted by atomic mass is 16.5. The largest absolute Gasteiger partial charge is 0.493 e. The van der Waals surface area contributed by atoms with Gasteiger partial charge in [-0.15, -0.1) is 0 Å². The summed E-state index contributed by atoms with van der Waals surface area (Å²) in [6.45, 7) is 4.51. The summed E-state index contributed by atoms with van der Waals surface area (Å²) in [6.07, 6.45) is 2.05. The second-order valence-corrected chi connectivity index (χ2v) is 8.83. The topological polar surface area (TPSA) is 55.7 Å². The average Bonchev–Trinajstić information content (AvgIpc) is 3.29. The molecule has 0 aliphatic carbocycles. The van der Waals surface area contributed by atoms with Crippen LogP contribution in [0.25, 0.3) is 5.69 Å². The summed E-state index contributed by atoms with van der Waals surface area (Å²) in [5.41, 5.74) is 7.07. The van der Waals surface area contributed by atoms with E-state index in [1.165, 1.54) is 0 Å². The van der Waals surface area contributed by atoms with Crippen LogP contribution >= 0.6 is 0 Å². The smallest absolute Gasteiger partial charge is 0.322 e. The second kappa shape index (κ2) is 9.22. The van der Waals surface area contributed by atoms with Gasteiger partial charge in [-0.1, -0.05) is 42.0 Å². The van der Waals surface area contributed by atoms with Crippen molar-refractivity contribution >= 4 is 11.7 Å². The molecule has 6 heteroatoms. The van der Waals surface area contributed by atoms with E-state index in [9.17, 15) is 4.79 Å². The first-order valence-corrected chi connectivity index (χ1v) is 11.6. The molecule has 0 fully saturated rings. The van der Waals surface area contributed by atoms with Gasteiger partial charge in [0, 0.05) is 17.6 Å². The lowest BCUT2D eigenvalue weighted by Crippen LogP contribution is -2.38. The molecule has 1 atom stereocenters. The number of nitrogens with zero attached hydrogens (tertiary/aromatic N) is 2. The van der Waals surface area contributed by atoms with Gasteiger partial charge in [-0.2, -0.15) is 0 Å². The number of methoxy groups -OCH3 is 2. The quantitative estimate of drug-likeness (QED) is 0.386. The number of ether oxygens (including phenoxy) is 2. The molecule has 1 N–H and O–H groups in total. The number of amides is 2. The first kappa shape index (κ1) is 22.6. The molecule has 2 heterocycles. The van der Waals surface area contributed by atoms with Gasteiger partial charge in [0.15, 0.2) is 11.5 Å². The number of urea groups is 1. The van der Waals surface area contributed by atoms with Crippen LogP contribution in [0.3, 0.4) is 0 Å². The number of nitrogens with one attached hydrogen (secondary N) is 1. The Labute approximate surface area is 205 Å². The van der Waals surface area contributed by atoms with Crippen molar-refractivity contribution in [3.8, 4) is 17.2 Å². The molecule has 1 aliphatic heterocycles. The van der Waals surface area contributed by atoms with Crippen molar-refractivity contribution in [2.45, 2.75) is 26.4 Å². The number of anilines is 1. The van der Waals surface area contributed by atoms with Crippen molar-refractivity contribution in [1.82, 2.24) is 9.47 Å². The van der Waals surface area contributed by atoms with Crippen molar-refractivity contribution in [3.05, 3.63) is 107 Å². The molecule has 1 aromatic heterocycles. The first-order chi connectivity index (χ1) is 17.0. The summed E-state index contributed by atoms with van der Waals surface area (Å²) in [5, 5.41) is 3.16. The van der Waals surface area contributed by atoms with Crippen LogP contribution in [-0.2, 0) is 6.54 Å². The number of hydrogen-bond donors (Lipinski definition) is 1. The van der Waals surface area contributed by atoms with E-state index in [1.807, 2.05) is 73.5 Å². The van der Waals surface area contributed by atoms with E-state index in [1.54, 1.807) is 14.2 Å². The van der Waals surface area contributed by atoms with Crippen LogP contribution in [0.15, 0.2) is 79.0 Å². The van der Waals surface area contributed by atoms with Crippen LogP contribution in [0.2, 0.25) is 0 Å². The zero-order chi connectivity index (χ0) is 24.5. The summed E-state index contributed by atoms with van der Waals surface area (Å²) < 4.78 is 13.2. The summed E-state index contributed by atoms with van der Waals surface area (Å²) in [4.78, 5) is 15.8. The number of aromatic nitrogens is 1.